The number of amides is 1. The first-order valence-electron chi connectivity index (χ1n) is 7.29. The fourth-order valence-corrected chi connectivity index (χ4v) is 2.79. The van der Waals surface area contributed by atoms with Gasteiger partial charge in [-0.05, 0) is 32.2 Å². The van der Waals surface area contributed by atoms with E-state index in [1.807, 2.05) is 6.92 Å². The van der Waals surface area contributed by atoms with Crippen LogP contribution in [0.4, 0.5) is 5.88 Å². The van der Waals surface area contributed by atoms with Crippen molar-refractivity contribution < 1.29 is 9.32 Å². The highest BCUT2D eigenvalue weighted by molar-refractivity contribution is 5.91. The van der Waals surface area contributed by atoms with E-state index in [0.717, 1.165) is 31.0 Å². The largest absolute Gasteiger partial charge is 0.338 e. The van der Waals surface area contributed by atoms with Crippen LogP contribution in [-0.4, -0.2) is 41.6 Å². The van der Waals surface area contributed by atoms with Gasteiger partial charge in [-0.2, -0.15) is 0 Å². The first-order valence-corrected chi connectivity index (χ1v) is 7.29. The van der Waals surface area contributed by atoms with Crippen LogP contribution in [0.15, 0.2) is 10.6 Å². The van der Waals surface area contributed by atoms with Crippen molar-refractivity contribution in [2.24, 2.45) is 11.7 Å². The molecule has 2 unspecified atom stereocenters. The van der Waals surface area contributed by atoms with E-state index in [1.54, 1.807) is 6.07 Å². The summed E-state index contributed by atoms with van der Waals surface area (Å²) in [5.41, 5.74) is 6.59. The van der Waals surface area contributed by atoms with Gasteiger partial charge in [0.25, 0.3) is 0 Å². The van der Waals surface area contributed by atoms with Crippen LogP contribution in [-0.2, 0) is 4.79 Å². The third kappa shape index (κ3) is 3.80. The third-order valence-corrected chi connectivity index (χ3v) is 4.03. The Morgan fingerprint density at radius 3 is 3.05 bits per heavy atom. The minimum absolute atomic E-state index is 0.0745. The molecule has 6 heteroatoms. The van der Waals surface area contributed by atoms with Gasteiger partial charge >= 0.3 is 0 Å². The van der Waals surface area contributed by atoms with E-state index in [-0.39, 0.29) is 5.91 Å². The minimum Gasteiger partial charge on any atom is -0.338 e. The molecule has 112 valence electrons. The van der Waals surface area contributed by atoms with Crippen molar-refractivity contribution in [3.63, 3.8) is 0 Å². The normalized spacial score (nSPS) is 23.8. The maximum atomic E-state index is 12.0. The molecule has 0 aromatic carbocycles. The number of carbonyl (C=O) groups is 1. The van der Waals surface area contributed by atoms with Gasteiger partial charge in [0.1, 0.15) is 0 Å². The molecule has 2 heterocycles. The van der Waals surface area contributed by atoms with Crippen LogP contribution in [0, 0.1) is 12.8 Å². The number of piperidine rings is 1. The molecule has 0 radical (unpaired) electrons. The lowest BCUT2D eigenvalue weighted by Crippen LogP contribution is -2.49. The lowest BCUT2D eigenvalue weighted by molar-refractivity contribution is -0.118. The summed E-state index contributed by atoms with van der Waals surface area (Å²) in [5.74, 6) is 1.06. The zero-order chi connectivity index (χ0) is 14.5. The Hall–Kier alpha value is -1.40. The molecular weight excluding hydrogens is 256 g/mol. The number of aromatic nitrogens is 1. The quantitative estimate of drug-likeness (QED) is 0.851. The summed E-state index contributed by atoms with van der Waals surface area (Å²) in [5, 5.41) is 6.47. The van der Waals surface area contributed by atoms with Crippen LogP contribution in [0.3, 0.4) is 0 Å². The van der Waals surface area contributed by atoms with Crippen molar-refractivity contribution in [2.75, 3.05) is 25.0 Å². The number of hydrogen-bond acceptors (Lipinski definition) is 5. The first-order chi connectivity index (χ1) is 9.62. The lowest BCUT2D eigenvalue weighted by Gasteiger charge is -2.38. The second-order valence-electron chi connectivity index (χ2n) is 5.54. The molecule has 0 saturated carbocycles. The molecule has 6 nitrogen and oxygen atoms in total. The van der Waals surface area contributed by atoms with Crippen molar-refractivity contribution >= 4 is 11.8 Å². The zero-order valence-electron chi connectivity index (χ0n) is 12.3. The van der Waals surface area contributed by atoms with Crippen LogP contribution in [0.2, 0.25) is 0 Å². The minimum atomic E-state index is -0.0745. The van der Waals surface area contributed by atoms with Crippen molar-refractivity contribution in [1.82, 2.24) is 10.1 Å². The third-order valence-electron chi connectivity index (χ3n) is 4.03. The highest BCUT2D eigenvalue weighted by Crippen LogP contribution is 2.24. The Morgan fingerprint density at radius 1 is 1.65 bits per heavy atom. The van der Waals surface area contributed by atoms with Gasteiger partial charge < -0.3 is 10.3 Å². The van der Waals surface area contributed by atoms with E-state index in [4.69, 9.17) is 10.3 Å². The molecule has 1 saturated heterocycles. The molecule has 1 amide bonds. The van der Waals surface area contributed by atoms with E-state index < -0.39 is 0 Å². The number of nitrogens with zero attached hydrogens (tertiary/aromatic N) is 2. The SMILES string of the molecule is CCC1CCN(CC(=O)Nc2cc(C)no2)C(CN)C1. The molecule has 0 spiro atoms. The van der Waals surface area contributed by atoms with Gasteiger partial charge in [0.2, 0.25) is 11.8 Å². The van der Waals surface area contributed by atoms with Crippen molar-refractivity contribution in [3.8, 4) is 0 Å². The van der Waals surface area contributed by atoms with E-state index in [2.05, 4.69) is 22.3 Å². The molecule has 1 aromatic heterocycles. The summed E-state index contributed by atoms with van der Waals surface area (Å²) in [7, 11) is 0. The smallest absolute Gasteiger partial charge is 0.240 e. The van der Waals surface area contributed by atoms with Crippen molar-refractivity contribution in [2.45, 2.75) is 39.2 Å². The fraction of sp³-hybridized carbons (Fsp3) is 0.714. The molecule has 1 aliphatic rings. The summed E-state index contributed by atoms with van der Waals surface area (Å²) >= 11 is 0. The second-order valence-corrected chi connectivity index (χ2v) is 5.54. The van der Waals surface area contributed by atoms with Crippen molar-refractivity contribution in [1.29, 1.82) is 0 Å². The van der Waals surface area contributed by atoms with Crippen LogP contribution < -0.4 is 11.1 Å². The van der Waals surface area contributed by atoms with Crippen LogP contribution in [0.1, 0.15) is 31.9 Å². The van der Waals surface area contributed by atoms with Crippen LogP contribution in [0.25, 0.3) is 0 Å². The molecule has 3 N–H and O–H groups in total. The molecule has 0 aliphatic carbocycles. The van der Waals surface area contributed by atoms with Gasteiger partial charge in [-0.25, -0.2) is 0 Å². The molecular formula is C14H24N4O2. The van der Waals surface area contributed by atoms with Gasteiger partial charge in [0.15, 0.2) is 0 Å². The number of nitrogens with one attached hydrogen (secondary N) is 1. The summed E-state index contributed by atoms with van der Waals surface area (Å²) in [6.45, 7) is 5.93. The van der Waals surface area contributed by atoms with Gasteiger partial charge in [0, 0.05) is 18.7 Å². The molecule has 20 heavy (non-hydrogen) atoms. The Kier molecular flexibility index (Phi) is 5.14. The predicted molar refractivity (Wildman–Crippen MR) is 77.3 cm³/mol. The molecule has 1 fully saturated rings. The van der Waals surface area contributed by atoms with E-state index in [9.17, 15) is 4.79 Å². The Balaban J connectivity index is 1.86. The number of rotatable bonds is 5. The summed E-state index contributed by atoms with van der Waals surface area (Å²) in [6, 6.07) is 2.01. The number of anilines is 1. The van der Waals surface area contributed by atoms with Gasteiger partial charge in [0.05, 0.1) is 12.2 Å². The van der Waals surface area contributed by atoms with Crippen LogP contribution in [0.5, 0.6) is 0 Å². The molecule has 1 aromatic rings. The Labute approximate surface area is 119 Å². The monoisotopic (exact) mass is 280 g/mol. The van der Waals surface area contributed by atoms with Gasteiger partial charge in [-0.3, -0.25) is 15.0 Å². The molecule has 2 atom stereocenters. The van der Waals surface area contributed by atoms with Gasteiger partial charge in [-0.1, -0.05) is 18.5 Å². The number of hydrogen-bond donors (Lipinski definition) is 2. The predicted octanol–water partition coefficient (Wildman–Crippen LogP) is 1.37. The highest BCUT2D eigenvalue weighted by Gasteiger charge is 2.28. The molecule has 1 aliphatic heterocycles. The lowest BCUT2D eigenvalue weighted by atomic mass is 9.89. The van der Waals surface area contributed by atoms with E-state index >= 15 is 0 Å². The summed E-state index contributed by atoms with van der Waals surface area (Å²) < 4.78 is 4.99. The number of nitrogens with two attached hydrogens (primary N) is 1. The van der Waals surface area contributed by atoms with Gasteiger partial charge in [-0.15, -0.1) is 0 Å². The average Bonchev–Trinajstić information content (AvgIpc) is 2.84. The van der Waals surface area contributed by atoms with E-state index in [0.29, 0.717) is 25.0 Å². The summed E-state index contributed by atoms with van der Waals surface area (Å²) in [6.07, 6.45) is 3.41. The fourth-order valence-electron chi connectivity index (χ4n) is 2.79. The Bertz CT molecular complexity index is 446. The standard InChI is InChI=1S/C14H24N4O2/c1-3-11-4-5-18(12(7-11)8-15)9-13(19)16-14-6-10(2)17-20-14/h6,11-12H,3-5,7-9,15H2,1-2H3,(H,16,19). The number of carbonyl (C=O) groups excluding carboxylic acids is 1. The number of aryl methyl sites for hydroxylation is 1. The van der Waals surface area contributed by atoms with E-state index in [1.165, 1.54) is 6.42 Å². The molecule has 0 bridgehead atoms. The average molecular weight is 280 g/mol. The van der Waals surface area contributed by atoms with Crippen LogP contribution >= 0.6 is 0 Å². The zero-order valence-corrected chi connectivity index (χ0v) is 12.3. The maximum absolute atomic E-state index is 12.0. The number of likely N-dealkylation sites (tertiary alicyclic amines) is 1. The second kappa shape index (κ2) is 6.85. The maximum Gasteiger partial charge on any atom is 0.240 e. The summed E-state index contributed by atoms with van der Waals surface area (Å²) in [4.78, 5) is 14.2. The first kappa shape index (κ1) is 15.0. The van der Waals surface area contributed by atoms with Crippen molar-refractivity contribution in [3.05, 3.63) is 11.8 Å². The highest BCUT2D eigenvalue weighted by atomic mass is 16.5. The molecule has 2 rings (SSSR count). The Morgan fingerprint density at radius 2 is 2.45 bits per heavy atom. The topological polar surface area (TPSA) is 84.4 Å².